The van der Waals surface area contributed by atoms with Crippen molar-refractivity contribution in [3.05, 3.63) is 35.8 Å². The summed E-state index contributed by atoms with van der Waals surface area (Å²) in [5.41, 5.74) is 5.48. The molecule has 0 radical (unpaired) electrons. The lowest BCUT2D eigenvalue weighted by atomic mass is 9.96. The molecule has 0 saturated heterocycles. The van der Waals surface area contributed by atoms with Crippen molar-refractivity contribution in [1.29, 1.82) is 0 Å². The third kappa shape index (κ3) is 4.37. The monoisotopic (exact) mass is 190 g/mol. The van der Waals surface area contributed by atoms with Gasteiger partial charge in [-0.25, -0.2) is 0 Å². The Kier molecular flexibility index (Phi) is 1.96. The molecule has 1 nitrogen and oxygen atoms in total. The van der Waals surface area contributed by atoms with Crippen LogP contribution in [0, 0.1) is 0 Å². The Morgan fingerprint density at radius 3 is 2.25 bits per heavy atom. The Morgan fingerprint density at radius 1 is 1.33 bits per heavy atom. The van der Waals surface area contributed by atoms with Crippen LogP contribution in [0.2, 0.25) is 0 Å². The van der Waals surface area contributed by atoms with Crippen LogP contribution in [0.5, 0.6) is 0 Å². The molecule has 1 rings (SSSR count). The number of rotatable bonds is 2. The highest BCUT2D eigenvalue weighted by atomic mass is 35.5. The first-order chi connectivity index (χ1) is 7.15. The van der Waals surface area contributed by atoms with Gasteiger partial charge in [0.2, 0.25) is 0 Å². The second-order valence-electron chi connectivity index (χ2n) is 3.27. The lowest BCUT2D eigenvalue weighted by Crippen LogP contribution is -2.34. The van der Waals surface area contributed by atoms with Crippen molar-refractivity contribution in [3.8, 4) is 0 Å². The highest BCUT2D eigenvalue weighted by molar-refractivity contribution is 5.85. The molecular weight excluding hydrogens is 170 g/mol. The number of benzene rings is 1. The van der Waals surface area contributed by atoms with Gasteiger partial charge in [-0.3, -0.25) is 0 Å². The summed E-state index contributed by atoms with van der Waals surface area (Å²) in [4.78, 5) is 0. The number of halogens is 1. The Balaban J connectivity index is 0.00000256. The van der Waals surface area contributed by atoms with Gasteiger partial charge in [-0.2, -0.15) is 0 Å². The van der Waals surface area contributed by atoms with Crippen molar-refractivity contribution < 1.29 is 6.85 Å². The van der Waals surface area contributed by atoms with Crippen LogP contribution in [0.4, 0.5) is 0 Å². The normalized spacial score (nSPS) is 16.4. The van der Waals surface area contributed by atoms with Gasteiger partial charge in [-0.05, 0) is 25.8 Å². The van der Waals surface area contributed by atoms with Crippen molar-refractivity contribution >= 4 is 12.4 Å². The molecule has 0 atom stereocenters. The number of hydrogen-bond donors (Lipinski definition) is 1. The van der Waals surface area contributed by atoms with Gasteiger partial charge in [0.25, 0.3) is 0 Å². The first-order valence-electron chi connectivity index (χ1n) is 6.00. The standard InChI is InChI=1S/C10H15N.ClH/c1-10(2,11)8-9-6-4-3-5-7-9;/h3-7H,8,11H2,1-2H3;1H/i3D,4D,5D,6D,7D;. The van der Waals surface area contributed by atoms with Crippen molar-refractivity contribution in [2.75, 3.05) is 0 Å². The van der Waals surface area contributed by atoms with Gasteiger partial charge in [0.1, 0.15) is 0 Å². The Morgan fingerprint density at radius 2 is 1.83 bits per heavy atom. The van der Waals surface area contributed by atoms with Gasteiger partial charge in [0.05, 0.1) is 6.85 Å². The zero-order valence-electron chi connectivity index (χ0n) is 12.2. The Hall–Kier alpha value is -0.530. The molecule has 1 aromatic carbocycles. The molecule has 12 heavy (non-hydrogen) atoms. The van der Waals surface area contributed by atoms with Gasteiger partial charge in [-0.1, -0.05) is 30.2 Å². The maximum absolute atomic E-state index is 7.69. The molecule has 68 valence electrons. The second kappa shape index (κ2) is 4.48. The minimum absolute atomic E-state index is 0. The van der Waals surface area contributed by atoms with E-state index in [-0.39, 0.29) is 54.6 Å². The minimum Gasteiger partial charge on any atom is -0.325 e. The van der Waals surface area contributed by atoms with Crippen LogP contribution in [-0.4, -0.2) is 5.54 Å². The summed E-state index contributed by atoms with van der Waals surface area (Å²) in [6, 6.07) is -1.30. The summed E-state index contributed by atoms with van der Waals surface area (Å²) < 4.78 is 37.8. The van der Waals surface area contributed by atoms with Gasteiger partial charge in [0.15, 0.2) is 0 Å². The topological polar surface area (TPSA) is 26.0 Å². The van der Waals surface area contributed by atoms with E-state index < -0.39 is 5.54 Å². The average Bonchev–Trinajstić information content (AvgIpc) is 2.17. The van der Waals surface area contributed by atoms with Crippen molar-refractivity contribution in [1.82, 2.24) is 0 Å². The van der Waals surface area contributed by atoms with E-state index in [1.165, 1.54) is 0 Å². The fourth-order valence-corrected chi connectivity index (χ4v) is 0.820. The van der Waals surface area contributed by atoms with Gasteiger partial charge >= 0.3 is 0 Å². The zero-order chi connectivity index (χ0) is 12.7. The number of nitrogens with two attached hydrogens (primary N) is 1. The summed E-state index contributed by atoms with van der Waals surface area (Å²) in [6.45, 7) is 3.52. The summed E-state index contributed by atoms with van der Waals surface area (Å²) in [7, 11) is 0. The summed E-state index contributed by atoms with van der Waals surface area (Å²) in [5, 5.41) is 0. The predicted molar refractivity (Wildman–Crippen MR) is 55.7 cm³/mol. The van der Waals surface area contributed by atoms with E-state index in [9.17, 15) is 0 Å². The van der Waals surface area contributed by atoms with Gasteiger partial charge in [0, 0.05) is 5.54 Å². The van der Waals surface area contributed by atoms with E-state index in [1.807, 2.05) is 0 Å². The van der Waals surface area contributed by atoms with Crippen LogP contribution in [-0.2, 0) is 6.42 Å². The quantitative estimate of drug-likeness (QED) is 0.762. The highest BCUT2D eigenvalue weighted by Gasteiger charge is 2.10. The van der Waals surface area contributed by atoms with Crippen molar-refractivity contribution in [2.45, 2.75) is 25.8 Å². The molecule has 2 heteroatoms. The van der Waals surface area contributed by atoms with Crippen LogP contribution in [0.15, 0.2) is 30.2 Å². The molecule has 0 unspecified atom stereocenters. The summed E-state index contributed by atoms with van der Waals surface area (Å²) in [5.74, 6) is 0. The molecule has 0 aliphatic heterocycles. The van der Waals surface area contributed by atoms with E-state index in [0.717, 1.165) is 0 Å². The van der Waals surface area contributed by atoms with Crippen molar-refractivity contribution in [3.63, 3.8) is 0 Å². The molecule has 0 aromatic heterocycles. The van der Waals surface area contributed by atoms with E-state index in [4.69, 9.17) is 12.6 Å². The molecule has 0 spiro atoms. The van der Waals surface area contributed by atoms with Crippen molar-refractivity contribution in [2.24, 2.45) is 5.73 Å². The molecule has 0 amide bonds. The predicted octanol–water partition coefficient (Wildman–Crippen LogP) is 2.39. The lowest BCUT2D eigenvalue weighted by Gasteiger charge is -2.17. The third-order valence-electron chi connectivity index (χ3n) is 1.18. The van der Waals surface area contributed by atoms with Gasteiger partial charge < -0.3 is 5.73 Å². The number of hydrogen-bond acceptors (Lipinski definition) is 1. The molecule has 0 aliphatic carbocycles. The van der Waals surface area contributed by atoms with E-state index in [1.54, 1.807) is 13.8 Å². The smallest absolute Gasteiger partial charge is 0.0626 e. The largest absolute Gasteiger partial charge is 0.325 e. The average molecular weight is 191 g/mol. The Bertz CT molecular complexity index is 399. The van der Waals surface area contributed by atoms with Crippen LogP contribution in [0.3, 0.4) is 0 Å². The molecule has 0 fully saturated rings. The second-order valence-corrected chi connectivity index (χ2v) is 3.27. The molecular formula is C10H16ClN. The molecule has 1 aromatic rings. The van der Waals surface area contributed by atoms with E-state index >= 15 is 0 Å². The SMILES string of the molecule is Cl.[2H]c1c([2H])c([2H])c(CC(C)(C)N)c([2H])c1[2H]. The summed E-state index contributed by atoms with van der Waals surface area (Å²) >= 11 is 0. The highest BCUT2D eigenvalue weighted by Crippen LogP contribution is 2.08. The maximum atomic E-state index is 7.69. The van der Waals surface area contributed by atoms with Gasteiger partial charge in [-0.15, -0.1) is 12.4 Å². The fourth-order valence-electron chi connectivity index (χ4n) is 0.820. The first-order valence-corrected chi connectivity index (χ1v) is 3.50. The Labute approximate surface area is 87.4 Å². The fraction of sp³-hybridized carbons (Fsp3) is 0.400. The summed E-state index contributed by atoms with van der Waals surface area (Å²) in [6.07, 6.45) is 0.253. The molecule has 0 aliphatic rings. The van der Waals surface area contributed by atoms with Crippen LogP contribution in [0.1, 0.15) is 26.3 Å². The van der Waals surface area contributed by atoms with Crippen LogP contribution in [0.25, 0.3) is 0 Å². The van der Waals surface area contributed by atoms with Crippen LogP contribution >= 0.6 is 12.4 Å². The molecule has 0 bridgehead atoms. The third-order valence-corrected chi connectivity index (χ3v) is 1.18. The van der Waals surface area contributed by atoms with E-state index in [0.29, 0.717) is 0 Å². The maximum Gasteiger partial charge on any atom is 0.0626 e. The minimum atomic E-state index is -0.603. The first kappa shape index (κ1) is 5.25. The van der Waals surface area contributed by atoms with Crippen LogP contribution < -0.4 is 5.73 Å². The zero-order valence-corrected chi connectivity index (χ0v) is 8.01. The molecule has 0 heterocycles. The van der Waals surface area contributed by atoms with E-state index in [2.05, 4.69) is 0 Å². The molecule has 0 saturated carbocycles. The lowest BCUT2D eigenvalue weighted by molar-refractivity contribution is 0.517. The molecule has 2 N–H and O–H groups in total.